The standard InChI is InChI=1S/C17H16Br2N2O3/c18-14-9-6-10(15(14)19)13-12(9)16(23)21(17(13)24)7-11(22)20-8-4-2-1-3-5-8/h1-5,9-10,12-15H,6-7H2,(H,20,22). The van der Waals surface area contributed by atoms with Gasteiger partial charge in [-0.25, -0.2) is 0 Å². The Morgan fingerprint density at radius 1 is 1.04 bits per heavy atom. The minimum Gasteiger partial charge on any atom is -0.325 e. The molecular weight excluding hydrogens is 440 g/mol. The van der Waals surface area contributed by atoms with Gasteiger partial charge in [-0.2, -0.15) is 0 Å². The Kier molecular flexibility index (Phi) is 4.03. The molecule has 24 heavy (non-hydrogen) atoms. The average molecular weight is 456 g/mol. The van der Waals surface area contributed by atoms with E-state index >= 15 is 0 Å². The average Bonchev–Trinajstić information content (AvgIpc) is 3.16. The van der Waals surface area contributed by atoms with Gasteiger partial charge in [0.05, 0.1) is 11.8 Å². The zero-order valence-corrected chi connectivity index (χ0v) is 15.9. The van der Waals surface area contributed by atoms with Crippen molar-refractivity contribution in [3.63, 3.8) is 0 Å². The van der Waals surface area contributed by atoms with Crippen molar-refractivity contribution in [2.45, 2.75) is 16.1 Å². The van der Waals surface area contributed by atoms with E-state index < -0.39 is 0 Å². The lowest BCUT2D eigenvalue weighted by molar-refractivity contribution is -0.143. The van der Waals surface area contributed by atoms with Crippen molar-refractivity contribution in [1.29, 1.82) is 0 Å². The summed E-state index contributed by atoms with van der Waals surface area (Å²) in [6.45, 7) is -0.209. The number of imide groups is 1. The molecule has 4 rings (SSSR count). The molecule has 0 radical (unpaired) electrons. The molecule has 1 heterocycles. The van der Waals surface area contributed by atoms with Gasteiger partial charge >= 0.3 is 0 Å². The normalized spacial score (nSPS) is 37.0. The Labute approximate surface area is 156 Å². The van der Waals surface area contributed by atoms with Crippen LogP contribution < -0.4 is 5.32 Å². The topological polar surface area (TPSA) is 66.5 Å². The summed E-state index contributed by atoms with van der Waals surface area (Å²) < 4.78 is 0. The minimum atomic E-state index is -0.346. The Hall–Kier alpha value is -1.21. The predicted molar refractivity (Wildman–Crippen MR) is 95.8 cm³/mol. The van der Waals surface area contributed by atoms with Crippen LogP contribution >= 0.6 is 31.9 Å². The fourth-order valence-electron chi connectivity index (χ4n) is 4.43. The van der Waals surface area contributed by atoms with Crippen molar-refractivity contribution in [2.75, 3.05) is 11.9 Å². The summed E-state index contributed by atoms with van der Waals surface area (Å²) in [6, 6.07) is 9.02. The predicted octanol–water partition coefficient (Wildman–Crippen LogP) is 2.40. The molecule has 1 N–H and O–H groups in total. The molecule has 6 unspecified atom stereocenters. The van der Waals surface area contributed by atoms with Gasteiger partial charge in [0.25, 0.3) is 0 Å². The first-order valence-corrected chi connectivity index (χ1v) is 9.80. The molecule has 0 spiro atoms. The molecule has 3 amide bonds. The number of hydrogen-bond donors (Lipinski definition) is 1. The number of amides is 3. The summed E-state index contributed by atoms with van der Waals surface area (Å²) in [4.78, 5) is 39.2. The Morgan fingerprint density at radius 3 is 2.12 bits per heavy atom. The first kappa shape index (κ1) is 16.3. The highest BCUT2D eigenvalue weighted by Crippen LogP contribution is 2.60. The molecule has 2 bridgehead atoms. The second kappa shape index (κ2) is 5.95. The second-order valence-corrected chi connectivity index (χ2v) is 8.80. The van der Waals surface area contributed by atoms with Gasteiger partial charge in [-0.05, 0) is 30.4 Å². The number of para-hydroxylation sites is 1. The van der Waals surface area contributed by atoms with E-state index in [-0.39, 0.29) is 57.6 Å². The Bertz CT molecular complexity index is 679. The quantitative estimate of drug-likeness (QED) is 0.562. The highest BCUT2D eigenvalue weighted by Gasteiger charge is 2.66. The number of anilines is 1. The fourth-order valence-corrected chi connectivity index (χ4v) is 6.31. The van der Waals surface area contributed by atoms with Crippen LogP contribution in [0.2, 0.25) is 0 Å². The summed E-state index contributed by atoms with van der Waals surface area (Å²) >= 11 is 7.30. The van der Waals surface area contributed by atoms with Crippen LogP contribution in [0.25, 0.3) is 0 Å². The molecule has 5 nitrogen and oxygen atoms in total. The molecule has 0 aromatic heterocycles. The molecule has 2 saturated carbocycles. The molecule has 1 aromatic rings. The molecule has 126 valence electrons. The van der Waals surface area contributed by atoms with Gasteiger partial charge in [0.15, 0.2) is 0 Å². The lowest BCUT2D eigenvalue weighted by Gasteiger charge is -2.28. The number of halogens is 2. The van der Waals surface area contributed by atoms with Crippen LogP contribution in [0.4, 0.5) is 5.69 Å². The summed E-state index contributed by atoms with van der Waals surface area (Å²) in [7, 11) is 0. The maximum absolute atomic E-state index is 12.7. The third-order valence-corrected chi connectivity index (χ3v) is 8.64. The van der Waals surface area contributed by atoms with Crippen LogP contribution in [0, 0.1) is 23.7 Å². The van der Waals surface area contributed by atoms with Crippen LogP contribution in [0.5, 0.6) is 0 Å². The molecule has 2 aliphatic carbocycles. The SMILES string of the molecule is O=C(CN1C(=O)C2C3CC(C(Br)C3Br)C2C1=O)Nc1ccccc1. The lowest BCUT2D eigenvalue weighted by Crippen LogP contribution is -2.39. The van der Waals surface area contributed by atoms with Crippen LogP contribution in [0.1, 0.15) is 6.42 Å². The van der Waals surface area contributed by atoms with E-state index in [1.54, 1.807) is 12.1 Å². The Balaban J connectivity index is 1.49. The highest BCUT2D eigenvalue weighted by molar-refractivity contribution is 9.12. The van der Waals surface area contributed by atoms with E-state index in [1.807, 2.05) is 18.2 Å². The molecule has 7 heteroatoms. The molecule has 1 saturated heterocycles. The molecule has 3 fully saturated rings. The number of hydrogen-bond acceptors (Lipinski definition) is 3. The van der Waals surface area contributed by atoms with Crippen molar-refractivity contribution in [1.82, 2.24) is 4.90 Å². The van der Waals surface area contributed by atoms with Gasteiger partial charge in [0.2, 0.25) is 17.7 Å². The van der Waals surface area contributed by atoms with Crippen LogP contribution in [0.15, 0.2) is 30.3 Å². The van der Waals surface area contributed by atoms with Gasteiger partial charge in [-0.15, -0.1) is 0 Å². The van der Waals surface area contributed by atoms with Gasteiger partial charge in [-0.1, -0.05) is 50.1 Å². The van der Waals surface area contributed by atoms with E-state index in [0.29, 0.717) is 5.69 Å². The van der Waals surface area contributed by atoms with E-state index in [2.05, 4.69) is 37.2 Å². The monoisotopic (exact) mass is 454 g/mol. The van der Waals surface area contributed by atoms with E-state index in [1.165, 1.54) is 0 Å². The summed E-state index contributed by atoms with van der Waals surface area (Å²) in [5.41, 5.74) is 0.655. The Morgan fingerprint density at radius 2 is 1.58 bits per heavy atom. The lowest BCUT2D eigenvalue weighted by atomic mass is 9.81. The number of rotatable bonds is 3. The molecule has 3 aliphatic rings. The number of carbonyl (C=O) groups is 3. The van der Waals surface area contributed by atoms with Gasteiger partial charge in [-0.3, -0.25) is 19.3 Å². The number of benzene rings is 1. The zero-order chi connectivity index (χ0) is 17.0. The second-order valence-electron chi connectivity index (χ2n) is 6.68. The summed E-state index contributed by atoms with van der Waals surface area (Å²) in [5, 5.41) is 2.73. The van der Waals surface area contributed by atoms with Crippen LogP contribution in [-0.4, -0.2) is 38.8 Å². The molecule has 6 atom stereocenters. The number of nitrogens with one attached hydrogen (secondary N) is 1. The molecular formula is C17H16Br2N2O3. The highest BCUT2D eigenvalue weighted by atomic mass is 79.9. The van der Waals surface area contributed by atoms with Crippen molar-refractivity contribution in [3.8, 4) is 0 Å². The molecule has 1 aromatic carbocycles. The van der Waals surface area contributed by atoms with Crippen molar-refractivity contribution >= 4 is 55.3 Å². The number of fused-ring (bicyclic) bond motifs is 5. The maximum atomic E-state index is 12.7. The smallest absolute Gasteiger partial charge is 0.244 e. The van der Waals surface area contributed by atoms with Gasteiger partial charge in [0, 0.05) is 15.3 Å². The van der Waals surface area contributed by atoms with Crippen molar-refractivity contribution in [2.24, 2.45) is 23.7 Å². The summed E-state index contributed by atoms with van der Waals surface area (Å²) in [6.07, 6.45) is 0.892. The van der Waals surface area contributed by atoms with Crippen molar-refractivity contribution in [3.05, 3.63) is 30.3 Å². The van der Waals surface area contributed by atoms with Crippen molar-refractivity contribution < 1.29 is 14.4 Å². The third kappa shape index (κ3) is 2.36. The third-order valence-electron chi connectivity index (χ3n) is 5.44. The van der Waals surface area contributed by atoms with Gasteiger partial charge < -0.3 is 5.32 Å². The number of carbonyl (C=O) groups excluding carboxylic acids is 3. The number of alkyl halides is 2. The summed E-state index contributed by atoms with van der Waals surface area (Å²) in [5.74, 6) is -0.934. The first-order chi connectivity index (χ1) is 11.5. The number of likely N-dealkylation sites (tertiary alicyclic amines) is 1. The van der Waals surface area contributed by atoms with Crippen LogP contribution in [0.3, 0.4) is 0 Å². The van der Waals surface area contributed by atoms with E-state index in [0.717, 1.165) is 11.3 Å². The fraction of sp³-hybridized carbons (Fsp3) is 0.471. The minimum absolute atomic E-state index is 0.169. The van der Waals surface area contributed by atoms with Crippen LogP contribution in [-0.2, 0) is 14.4 Å². The van der Waals surface area contributed by atoms with Gasteiger partial charge in [0.1, 0.15) is 6.54 Å². The first-order valence-electron chi connectivity index (χ1n) is 7.97. The largest absolute Gasteiger partial charge is 0.325 e. The van der Waals surface area contributed by atoms with E-state index in [9.17, 15) is 14.4 Å². The number of nitrogens with zero attached hydrogens (tertiary/aromatic N) is 1. The maximum Gasteiger partial charge on any atom is 0.244 e. The zero-order valence-electron chi connectivity index (χ0n) is 12.7. The van der Waals surface area contributed by atoms with E-state index in [4.69, 9.17) is 0 Å². The molecule has 1 aliphatic heterocycles.